The van der Waals surface area contributed by atoms with Crippen molar-refractivity contribution in [1.29, 1.82) is 0 Å². The highest BCUT2D eigenvalue weighted by atomic mass is 32.2. The van der Waals surface area contributed by atoms with E-state index in [0.717, 1.165) is 0 Å². The fourth-order valence-electron chi connectivity index (χ4n) is 1.95. The number of sulfonamides is 1. The minimum atomic E-state index is -3.50. The Morgan fingerprint density at radius 3 is 2.32 bits per heavy atom. The van der Waals surface area contributed by atoms with E-state index in [9.17, 15) is 8.42 Å². The molecule has 0 fully saturated rings. The largest absolute Gasteiger partial charge is 0.385 e. The van der Waals surface area contributed by atoms with Crippen LogP contribution in [0.5, 0.6) is 0 Å². The van der Waals surface area contributed by atoms with Gasteiger partial charge >= 0.3 is 0 Å². The summed E-state index contributed by atoms with van der Waals surface area (Å²) in [5.41, 5.74) is 4.52. The molecule has 6 nitrogen and oxygen atoms in total. The summed E-state index contributed by atoms with van der Waals surface area (Å²) in [6, 6.07) is 3.41. The van der Waals surface area contributed by atoms with Gasteiger partial charge in [0.15, 0.2) is 0 Å². The second-order valence-corrected chi connectivity index (χ2v) is 6.03. The summed E-state index contributed by atoms with van der Waals surface area (Å²) in [7, 11) is -1.92. The number of nitrogens with two attached hydrogens (primary N) is 1. The minimum absolute atomic E-state index is 0.309. The van der Waals surface area contributed by atoms with Crippen LogP contribution >= 0.6 is 0 Å². The van der Waals surface area contributed by atoms with Crippen molar-refractivity contribution >= 4 is 15.7 Å². The first-order valence-electron chi connectivity index (χ1n) is 5.99. The number of nitrogens with one attached hydrogen (secondary N) is 2. The lowest BCUT2D eigenvalue weighted by atomic mass is 10.1. The number of methoxy groups -OCH3 is 1. The maximum absolute atomic E-state index is 12.2. The number of hydrogen-bond acceptors (Lipinski definition) is 5. The molecule has 0 heterocycles. The Balaban J connectivity index is 2.95. The van der Waals surface area contributed by atoms with Gasteiger partial charge in [-0.15, -0.1) is 0 Å². The molecule has 0 aliphatic carbocycles. The van der Waals surface area contributed by atoms with E-state index in [4.69, 9.17) is 10.6 Å². The SMILES string of the molecule is COCCCNS(=O)(=O)c1c(C)cc(NN)cc1C. The van der Waals surface area contributed by atoms with Gasteiger partial charge in [-0.1, -0.05) is 0 Å². The predicted molar refractivity (Wildman–Crippen MR) is 75.4 cm³/mol. The molecule has 0 aromatic heterocycles. The van der Waals surface area contributed by atoms with Gasteiger partial charge in [0, 0.05) is 25.9 Å². The average molecular weight is 287 g/mol. The molecule has 1 aromatic rings. The fourth-order valence-corrected chi connectivity index (χ4v) is 3.48. The smallest absolute Gasteiger partial charge is 0.241 e. The van der Waals surface area contributed by atoms with Crippen molar-refractivity contribution in [2.24, 2.45) is 5.84 Å². The number of anilines is 1. The lowest BCUT2D eigenvalue weighted by Gasteiger charge is -2.13. The Kier molecular flexibility index (Phi) is 5.74. The van der Waals surface area contributed by atoms with Crippen LogP contribution in [0, 0.1) is 13.8 Å². The average Bonchev–Trinajstić information content (AvgIpc) is 2.33. The molecule has 0 spiro atoms. The molecule has 0 bridgehead atoms. The second-order valence-electron chi connectivity index (χ2n) is 4.33. The summed E-state index contributed by atoms with van der Waals surface area (Å²) in [5.74, 6) is 5.33. The van der Waals surface area contributed by atoms with Gasteiger partial charge in [0.05, 0.1) is 4.90 Å². The van der Waals surface area contributed by atoms with Gasteiger partial charge in [0.25, 0.3) is 0 Å². The van der Waals surface area contributed by atoms with Crippen LogP contribution in [0.25, 0.3) is 0 Å². The van der Waals surface area contributed by atoms with Gasteiger partial charge in [0.2, 0.25) is 10.0 Å². The molecule has 1 aromatic carbocycles. The van der Waals surface area contributed by atoms with E-state index >= 15 is 0 Å². The molecular formula is C12H21N3O3S. The number of hydrogen-bond donors (Lipinski definition) is 3. The first kappa shape index (κ1) is 15.9. The van der Waals surface area contributed by atoms with Crippen molar-refractivity contribution < 1.29 is 13.2 Å². The lowest BCUT2D eigenvalue weighted by molar-refractivity contribution is 0.196. The highest BCUT2D eigenvalue weighted by Gasteiger charge is 2.19. The monoisotopic (exact) mass is 287 g/mol. The van der Waals surface area contributed by atoms with Crippen LogP contribution < -0.4 is 16.0 Å². The number of aryl methyl sites for hydroxylation is 2. The minimum Gasteiger partial charge on any atom is -0.385 e. The molecule has 0 unspecified atom stereocenters. The molecule has 0 amide bonds. The third-order valence-electron chi connectivity index (χ3n) is 2.71. The van der Waals surface area contributed by atoms with Crippen LogP contribution in [0.4, 0.5) is 5.69 Å². The van der Waals surface area contributed by atoms with Crippen LogP contribution in [0.3, 0.4) is 0 Å². The number of benzene rings is 1. The van der Waals surface area contributed by atoms with E-state index in [1.54, 1.807) is 33.1 Å². The number of hydrazine groups is 1. The summed E-state index contributed by atoms with van der Waals surface area (Å²) < 4.78 is 31.9. The first-order chi connectivity index (χ1) is 8.92. The summed E-state index contributed by atoms with van der Waals surface area (Å²) in [6.07, 6.45) is 0.635. The third-order valence-corrected chi connectivity index (χ3v) is 4.48. The molecule has 0 atom stereocenters. The Labute approximate surface area is 114 Å². The van der Waals surface area contributed by atoms with Crippen LogP contribution in [-0.4, -0.2) is 28.7 Å². The summed E-state index contributed by atoms with van der Waals surface area (Å²) in [4.78, 5) is 0.309. The lowest BCUT2D eigenvalue weighted by Crippen LogP contribution is -2.27. The van der Waals surface area contributed by atoms with Gasteiger partial charge in [0.1, 0.15) is 0 Å². The summed E-state index contributed by atoms with van der Waals surface area (Å²) in [6.45, 7) is 4.37. The van der Waals surface area contributed by atoms with Crippen LogP contribution in [0.2, 0.25) is 0 Å². The first-order valence-corrected chi connectivity index (χ1v) is 7.47. The van der Waals surface area contributed by atoms with Gasteiger partial charge in [-0.25, -0.2) is 13.1 Å². The third kappa shape index (κ3) is 4.17. The van der Waals surface area contributed by atoms with E-state index in [-0.39, 0.29) is 0 Å². The quantitative estimate of drug-likeness (QED) is 0.394. The maximum Gasteiger partial charge on any atom is 0.241 e. The topological polar surface area (TPSA) is 93.4 Å². The Morgan fingerprint density at radius 2 is 1.84 bits per heavy atom. The van der Waals surface area contributed by atoms with E-state index in [0.29, 0.717) is 41.3 Å². The van der Waals surface area contributed by atoms with Crippen molar-refractivity contribution in [3.05, 3.63) is 23.3 Å². The Morgan fingerprint density at radius 1 is 1.26 bits per heavy atom. The number of ether oxygens (including phenoxy) is 1. The number of nitrogen functional groups attached to an aromatic ring is 1. The molecule has 0 aliphatic rings. The molecule has 0 radical (unpaired) electrons. The van der Waals surface area contributed by atoms with Crippen molar-refractivity contribution in [1.82, 2.24) is 4.72 Å². The molecule has 108 valence electrons. The van der Waals surface area contributed by atoms with E-state index in [1.807, 2.05) is 0 Å². The Bertz CT molecular complexity index is 506. The molecular weight excluding hydrogens is 266 g/mol. The molecule has 19 heavy (non-hydrogen) atoms. The predicted octanol–water partition coefficient (Wildman–Crippen LogP) is 0.904. The maximum atomic E-state index is 12.2. The highest BCUT2D eigenvalue weighted by molar-refractivity contribution is 7.89. The van der Waals surface area contributed by atoms with Crippen molar-refractivity contribution in [3.8, 4) is 0 Å². The van der Waals surface area contributed by atoms with E-state index in [2.05, 4.69) is 10.1 Å². The molecule has 4 N–H and O–H groups in total. The van der Waals surface area contributed by atoms with Crippen molar-refractivity contribution in [2.75, 3.05) is 25.7 Å². The zero-order chi connectivity index (χ0) is 14.5. The van der Waals surface area contributed by atoms with Crippen LogP contribution in [0.15, 0.2) is 17.0 Å². The number of rotatable bonds is 7. The van der Waals surface area contributed by atoms with Crippen LogP contribution in [0.1, 0.15) is 17.5 Å². The van der Waals surface area contributed by atoms with Gasteiger partial charge < -0.3 is 10.2 Å². The van der Waals surface area contributed by atoms with Crippen LogP contribution in [-0.2, 0) is 14.8 Å². The van der Waals surface area contributed by atoms with Gasteiger partial charge in [-0.05, 0) is 43.5 Å². The highest BCUT2D eigenvalue weighted by Crippen LogP contribution is 2.23. The molecule has 0 saturated heterocycles. The zero-order valence-corrected chi connectivity index (χ0v) is 12.3. The van der Waals surface area contributed by atoms with Gasteiger partial charge in [-0.3, -0.25) is 5.84 Å². The summed E-state index contributed by atoms with van der Waals surface area (Å²) >= 11 is 0. The normalized spacial score (nSPS) is 11.6. The Hall–Kier alpha value is -1.15. The molecule has 1 rings (SSSR count). The molecule has 0 saturated carbocycles. The molecule has 7 heteroatoms. The van der Waals surface area contributed by atoms with Crippen molar-refractivity contribution in [3.63, 3.8) is 0 Å². The summed E-state index contributed by atoms with van der Waals surface area (Å²) in [5, 5.41) is 0. The molecule has 0 aliphatic heterocycles. The van der Waals surface area contributed by atoms with E-state index in [1.165, 1.54) is 0 Å². The van der Waals surface area contributed by atoms with Gasteiger partial charge in [-0.2, -0.15) is 0 Å². The fraction of sp³-hybridized carbons (Fsp3) is 0.500. The van der Waals surface area contributed by atoms with E-state index < -0.39 is 10.0 Å². The second kappa shape index (κ2) is 6.85. The van der Waals surface area contributed by atoms with Crippen molar-refractivity contribution in [2.45, 2.75) is 25.2 Å². The standard InChI is InChI=1S/C12H21N3O3S/c1-9-7-11(15-13)8-10(2)12(9)19(16,17)14-5-4-6-18-3/h7-8,14-15H,4-6,13H2,1-3H3. The zero-order valence-electron chi connectivity index (χ0n) is 11.5.